The Balaban J connectivity index is 1.62. The van der Waals surface area contributed by atoms with Crippen molar-refractivity contribution in [2.75, 3.05) is 36.8 Å². The molecule has 110 valence electrons. The summed E-state index contributed by atoms with van der Waals surface area (Å²) in [7, 11) is 0. The molecule has 3 rings (SSSR count). The van der Waals surface area contributed by atoms with Crippen molar-refractivity contribution in [1.82, 2.24) is 14.9 Å². The summed E-state index contributed by atoms with van der Waals surface area (Å²) in [5.41, 5.74) is 6.31. The number of aryl methyl sites for hydroxylation is 1. The molecule has 0 atom stereocenters. The molecular weight excluding hydrogens is 286 g/mol. The van der Waals surface area contributed by atoms with E-state index in [-0.39, 0.29) is 5.91 Å². The van der Waals surface area contributed by atoms with Crippen LogP contribution in [0, 0.1) is 6.92 Å². The minimum Gasteiger partial charge on any atom is -0.397 e. The third-order valence-electron chi connectivity index (χ3n) is 3.49. The molecule has 6 nitrogen and oxygen atoms in total. The molecule has 1 amide bonds. The van der Waals surface area contributed by atoms with E-state index < -0.39 is 0 Å². The van der Waals surface area contributed by atoms with Gasteiger partial charge in [0, 0.05) is 26.2 Å². The van der Waals surface area contributed by atoms with Gasteiger partial charge in [-0.05, 0) is 19.1 Å². The van der Waals surface area contributed by atoms with Crippen molar-refractivity contribution in [3.63, 3.8) is 0 Å². The number of amides is 1. The van der Waals surface area contributed by atoms with Gasteiger partial charge in [0.25, 0.3) is 5.91 Å². The van der Waals surface area contributed by atoms with Crippen molar-refractivity contribution in [3.8, 4) is 0 Å². The van der Waals surface area contributed by atoms with Crippen LogP contribution in [0.3, 0.4) is 0 Å². The van der Waals surface area contributed by atoms with E-state index in [1.54, 1.807) is 12.4 Å². The van der Waals surface area contributed by atoms with Gasteiger partial charge in [-0.2, -0.15) is 0 Å². The van der Waals surface area contributed by atoms with Crippen LogP contribution in [0.4, 0.5) is 11.5 Å². The van der Waals surface area contributed by atoms with Gasteiger partial charge in [0.05, 0.1) is 23.1 Å². The zero-order valence-corrected chi connectivity index (χ0v) is 12.6. The van der Waals surface area contributed by atoms with Crippen LogP contribution >= 0.6 is 11.3 Å². The molecule has 2 aromatic heterocycles. The highest BCUT2D eigenvalue weighted by molar-refractivity contribution is 7.13. The van der Waals surface area contributed by atoms with E-state index in [0.717, 1.165) is 23.9 Å². The van der Waals surface area contributed by atoms with Crippen molar-refractivity contribution in [1.29, 1.82) is 0 Å². The summed E-state index contributed by atoms with van der Waals surface area (Å²) >= 11 is 1.45. The Labute approximate surface area is 127 Å². The van der Waals surface area contributed by atoms with E-state index >= 15 is 0 Å². The van der Waals surface area contributed by atoms with Crippen molar-refractivity contribution >= 4 is 28.7 Å². The van der Waals surface area contributed by atoms with Gasteiger partial charge in [0.15, 0.2) is 0 Å². The van der Waals surface area contributed by atoms with Gasteiger partial charge in [-0.15, -0.1) is 11.3 Å². The van der Waals surface area contributed by atoms with Crippen LogP contribution < -0.4 is 10.6 Å². The summed E-state index contributed by atoms with van der Waals surface area (Å²) in [4.78, 5) is 25.6. The highest BCUT2D eigenvalue weighted by Crippen LogP contribution is 2.18. The number of piperazine rings is 1. The smallest absolute Gasteiger partial charge is 0.265 e. The number of nitrogens with two attached hydrogens (primary N) is 1. The normalized spacial score (nSPS) is 15.3. The number of rotatable bonds is 2. The predicted molar refractivity (Wildman–Crippen MR) is 83.6 cm³/mol. The Hall–Kier alpha value is -2.15. The summed E-state index contributed by atoms with van der Waals surface area (Å²) < 4.78 is 0. The average Bonchev–Trinajstić information content (AvgIpc) is 2.94. The zero-order valence-electron chi connectivity index (χ0n) is 11.8. The Kier molecular flexibility index (Phi) is 3.74. The average molecular weight is 303 g/mol. The van der Waals surface area contributed by atoms with Crippen molar-refractivity contribution < 1.29 is 4.79 Å². The van der Waals surface area contributed by atoms with E-state index in [1.807, 2.05) is 24.0 Å². The van der Waals surface area contributed by atoms with E-state index in [2.05, 4.69) is 14.9 Å². The molecule has 1 fully saturated rings. The maximum absolute atomic E-state index is 12.3. The number of nitrogens with zero attached hydrogens (tertiary/aromatic N) is 4. The monoisotopic (exact) mass is 303 g/mol. The van der Waals surface area contributed by atoms with E-state index in [1.165, 1.54) is 11.3 Å². The minimum atomic E-state index is 0.0746. The maximum Gasteiger partial charge on any atom is 0.265 e. The van der Waals surface area contributed by atoms with E-state index in [9.17, 15) is 4.79 Å². The number of thiazole rings is 1. The first-order valence-electron chi connectivity index (χ1n) is 6.81. The van der Waals surface area contributed by atoms with Crippen LogP contribution in [-0.2, 0) is 0 Å². The summed E-state index contributed by atoms with van der Waals surface area (Å²) in [5.74, 6) is 0.982. The van der Waals surface area contributed by atoms with E-state index in [0.29, 0.717) is 23.7 Å². The van der Waals surface area contributed by atoms with Crippen LogP contribution in [0.1, 0.15) is 14.7 Å². The summed E-state index contributed by atoms with van der Waals surface area (Å²) in [5, 5.41) is 0.920. The molecule has 7 heteroatoms. The number of nitrogen functional groups attached to an aromatic ring is 1. The molecule has 0 aromatic carbocycles. The fourth-order valence-corrected chi connectivity index (χ4v) is 3.08. The zero-order chi connectivity index (χ0) is 14.8. The quantitative estimate of drug-likeness (QED) is 0.907. The molecule has 1 aliphatic heterocycles. The van der Waals surface area contributed by atoms with Crippen LogP contribution in [0.5, 0.6) is 0 Å². The molecular formula is C14H17N5OS. The number of hydrogen-bond acceptors (Lipinski definition) is 6. The number of carbonyl (C=O) groups is 1. The largest absolute Gasteiger partial charge is 0.397 e. The van der Waals surface area contributed by atoms with Crippen molar-refractivity contribution in [2.45, 2.75) is 6.92 Å². The van der Waals surface area contributed by atoms with Gasteiger partial charge in [0.1, 0.15) is 10.7 Å². The van der Waals surface area contributed by atoms with Gasteiger partial charge in [-0.25, -0.2) is 9.97 Å². The molecule has 2 N–H and O–H groups in total. The Bertz CT molecular complexity index is 631. The topological polar surface area (TPSA) is 75.4 Å². The van der Waals surface area contributed by atoms with Crippen molar-refractivity contribution in [2.24, 2.45) is 0 Å². The number of pyridine rings is 1. The second-order valence-electron chi connectivity index (χ2n) is 4.97. The molecule has 1 aliphatic rings. The van der Waals surface area contributed by atoms with Gasteiger partial charge >= 0.3 is 0 Å². The first-order chi connectivity index (χ1) is 10.1. The minimum absolute atomic E-state index is 0.0746. The SMILES string of the molecule is Cc1ncc(C(=O)N2CCN(c3ccc(N)cn3)CC2)s1. The highest BCUT2D eigenvalue weighted by Gasteiger charge is 2.23. The number of anilines is 2. The number of aromatic nitrogens is 2. The van der Waals surface area contributed by atoms with Gasteiger partial charge in [0.2, 0.25) is 0 Å². The molecule has 0 spiro atoms. The van der Waals surface area contributed by atoms with Gasteiger partial charge < -0.3 is 15.5 Å². The Morgan fingerprint density at radius 1 is 1.19 bits per heavy atom. The van der Waals surface area contributed by atoms with Crippen molar-refractivity contribution in [3.05, 3.63) is 34.4 Å². The Morgan fingerprint density at radius 3 is 2.52 bits per heavy atom. The standard InChI is InChI=1S/C14H17N5OS/c1-10-16-9-12(21-10)14(20)19-6-4-18(5-7-19)13-3-2-11(15)8-17-13/h2-3,8-9H,4-7,15H2,1H3. The summed E-state index contributed by atoms with van der Waals surface area (Å²) in [6.07, 6.45) is 3.32. The van der Waals surface area contributed by atoms with Gasteiger partial charge in [-0.3, -0.25) is 4.79 Å². The van der Waals surface area contributed by atoms with E-state index in [4.69, 9.17) is 5.73 Å². The lowest BCUT2D eigenvalue weighted by atomic mass is 10.3. The predicted octanol–water partition coefficient (Wildman–Crippen LogP) is 1.39. The molecule has 3 heterocycles. The second kappa shape index (κ2) is 5.69. The molecule has 2 aromatic rings. The fraction of sp³-hybridized carbons (Fsp3) is 0.357. The van der Waals surface area contributed by atoms with Crippen LogP contribution in [0.25, 0.3) is 0 Å². The lowest BCUT2D eigenvalue weighted by Crippen LogP contribution is -2.48. The molecule has 0 saturated carbocycles. The van der Waals surface area contributed by atoms with Gasteiger partial charge in [-0.1, -0.05) is 0 Å². The molecule has 0 radical (unpaired) electrons. The number of carbonyl (C=O) groups excluding carboxylic acids is 1. The summed E-state index contributed by atoms with van der Waals surface area (Å²) in [6, 6.07) is 3.76. The first-order valence-corrected chi connectivity index (χ1v) is 7.63. The molecule has 0 bridgehead atoms. The fourth-order valence-electron chi connectivity index (χ4n) is 2.34. The molecule has 0 unspecified atom stereocenters. The van der Waals surface area contributed by atoms with Crippen LogP contribution in [0.15, 0.2) is 24.5 Å². The third kappa shape index (κ3) is 2.97. The lowest BCUT2D eigenvalue weighted by Gasteiger charge is -2.35. The second-order valence-corrected chi connectivity index (χ2v) is 6.21. The maximum atomic E-state index is 12.3. The number of hydrogen-bond donors (Lipinski definition) is 1. The first kappa shape index (κ1) is 13.8. The third-order valence-corrected chi connectivity index (χ3v) is 4.39. The summed E-state index contributed by atoms with van der Waals surface area (Å²) in [6.45, 7) is 4.86. The molecule has 1 saturated heterocycles. The highest BCUT2D eigenvalue weighted by atomic mass is 32.1. The Morgan fingerprint density at radius 2 is 1.95 bits per heavy atom. The molecule has 0 aliphatic carbocycles. The lowest BCUT2D eigenvalue weighted by molar-refractivity contribution is 0.0751. The van der Waals surface area contributed by atoms with Crippen LogP contribution in [0.2, 0.25) is 0 Å². The molecule has 21 heavy (non-hydrogen) atoms. The van der Waals surface area contributed by atoms with Crippen LogP contribution in [-0.4, -0.2) is 47.0 Å².